The van der Waals surface area contributed by atoms with Crippen molar-refractivity contribution in [1.29, 1.82) is 0 Å². The van der Waals surface area contributed by atoms with Crippen LogP contribution in [0.3, 0.4) is 0 Å². The highest BCUT2D eigenvalue weighted by Gasteiger charge is 2.14. The van der Waals surface area contributed by atoms with Crippen LogP contribution in [0.1, 0.15) is 36.3 Å². The van der Waals surface area contributed by atoms with Crippen molar-refractivity contribution < 1.29 is 4.79 Å². The SMILES string of the molecule is Cc1nc(C)c(CNC(C)C(=O)NC(C)C)s1. The molecule has 0 aliphatic heterocycles. The molecule has 1 aromatic rings. The van der Waals surface area contributed by atoms with Gasteiger partial charge >= 0.3 is 0 Å². The quantitative estimate of drug-likeness (QED) is 0.843. The zero-order valence-electron chi connectivity index (χ0n) is 11.1. The average Bonchev–Trinajstić information content (AvgIpc) is 2.52. The van der Waals surface area contributed by atoms with Crippen LogP contribution < -0.4 is 10.6 Å². The Bertz CT molecular complexity index is 387. The minimum absolute atomic E-state index is 0.0406. The monoisotopic (exact) mass is 255 g/mol. The molecule has 96 valence electrons. The van der Waals surface area contributed by atoms with Crippen molar-refractivity contribution in [2.24, 2.45) is 0 Å². The highest BCUT2D eigenvalue weighted by molar-refractivity contribution is 7.11. The Kier molecular flexibility index (Phi) is 5.08. The molecule has 17 heavy (non-hydrogen) atoms. The van der Waals surface area contributed by atoms with E-state index in [0.29, 0.717) is 6.54 Å². The summed E-state index contributed by atoms with van der Waals surface area (Å²) < 4.78 is 0. The van der Waals surface area contributed by atoms with Crippen molar-refractivity contribution in [2.75, 3.05) is 0 Å². The van der Waals surface area contributed by atoms with Gasteiger partial charge in [0.25, 0.3) is 0 Å². The minimum Gasteiger partial charge on any atom is -0.353 e. The number of hydrogen-bond acceptors (Lipinski definition) is 4. The first-order valence-electron chi connectivity index (χ1n) is 5.86. The van der Waals surface area contributed by atoms with Gasteiger partial charge in [0.05, 0.1) is 16.7 Å². The highest BCUT2D eigenvalue weighted by Crippen LogP contribution is 2.16. The third-order valence-corrected chi connectivity index (χ3v) is 3.47. The lowest BCUT2D eigenvalue weighted by molar-refractivity contribution is -0.123. The Morgan fingerprint density at radius 1 is 1.35 bits per heavy atom. The molecule has 1 rings (SSSR count). The van der Waals surface area contributed by atoms with Crippen molar-refractivity contribution in [3.8, 4) is 0 Å². The van der Waals surface area contributed by atoms with E-state index >= 15 is 0 Å². The number of carbonyl (C=O) groups is 1. The topological polar surface area (TPSA) is 54.0 Å². The number of aromatic nitrogens is 1. The second-order valence-electron chi connectivity index (χ2n) is 4.51. The molecule has 1 atom stereocenters. The van der Waals surface area contributed by atoms with Gasteiger partial charge in [-0.05, 0) is 34.6 Å². The predicted molar refractivity (Wildman–Crippen MR) is 71.2 cm³/mol. The molecule has 0 spiro atoms. The highest BCUT2D eigenvalue weighted by atomic mass is 32.1. The van der Waals surface area contributed by atoms with Crippen LogP contribution in [0.4, 0.5) is 0 Å². The summed E-state index contributed by atoms with van der Waals surface area (Å²) in [7, 11) is 0. The molecule has 2 N–H and O–H groups in total. The number of nitrogens with one attached hydrogen (secondary N) is 2. The molecule has 0 fully saturated rings. The Labute approximate surface area is 107 Å². The van der Waals surface area contributed by atoms with E-state index in [-0.39, 0.29) is 18.0 Å². The molecule has 0 aromatic carbocycles. The van der Waals surface area contributed by atoms with Crippen molar-refractivity contribution >= 4 is 17.2 Å². The van der Waals surface area contributed by atoms with Crippen molar-refractivity contribution in [2.45, 2.75) is 53.2 Å². The summed E-state index contributed by atoms with van der Waals surface area (Å²) in [5.41, 5.74) is 1.05. The smallest absolute Gasteiger partial charge is 0.237 e. The van der Waals surface area contributed by atoms with E-state index in [9.17, 15) is 4.79 Å². The molecule has 5 heteroatoms. The maximum atomic E-state index is 11.7. The summed E-state index contributed by atoms with van der Waals surface area (Å²) in [6, 6.07) is -0.00154. The maximum Gasteiger partial charge on any atom is 0.237 e. The molecule has 0 aliphatic rings. The second-order valence-corrected chi connectivity index (χ2v) is 5.80. The average molecular weight is 255 g/mol. The van der Waals surface area contributed by atoms with E-state index in [1.165, 1.54) is 4.88 Å². The zero-order chi connectivity index (χ0) is 13.0. The number of nitrogens with zero attached hydrogens (tertiary/aromatic N) is 1. The molecule has 0 radical (unpaired) electrons. The number of carbonyl (C=O) groups excluding carboxylic acids is 1. The number of thiazole rings is 1. The van der Waals surface area contributed by atoms with Crippen LogP contribution in [0.5, 0.6) is 0 Å². The van der Waals surface area contributed by atoms with Crippen LogP contribution in [-0.2, 0) is 11.3 Å². The molecule has 1 unspecified atom stereocenters. The fourth-order valence-corrected chi connectivity index (χ4v) is 2.37. The molecule has 1 heterocycles. The van der Waals surface area contributed by atoms with Gasteiger partial charge in [-0.3, -0.25) is 4.79 Å². The van der Waals surface area contributed by atoms with Crippen molar-refractivity contribution in [3.63, 3.8) is 0 Å². The van der Waals surface area contributed by atoms with Gasteiger partial charge in [-0.25, -0.2) is 4.98 Å². The molecular formula is C12H21N3OS. The van der Waals surface area contributed by atoms with Gasteiger partial charge in [-0.15, -0.1) is 11.3 Å². The lowest BCUT2D eigenvalue weighted by Crippen LogP contribution is -2.44. The van der Waals surface area contributed by atoms with Gasteiger partial charge in [0.15, 0.2) is 0 Å². The standard InChI is InChI=1S/C12H21N3OS/c1-7(2)14-12(16)9(4)13-6-11-8(3)15-10(5)17-11/h7,9,13H,6H2,1-5H3,(H,14,16). The first-order valence-corrected chi connectivity index (χ1v) is 6.68. The number of aryl methyl sites for hydroxylation is 2. The second kappa shape index (κ2) is 6.12. The largest absolute Gasteiger partial charge is 0.353 e. The van der Waals surface area contributed by atoms with Gasteiger partial charge in [0.2, 0.25) is 5.91 Å². The fourth-order valence-electron chi connectivity index (χ4n) is 1.49. The summed E-state index contributed by atoms with van der Waals surface area (Å²) >= 11 is 1.68. The van der Waals surface area contributed by atoms with E-state index in [4.69, 9.17) is 0 Å². The van der Waals surface area contributed by atoms with Gasteiger partial charge in [-0.1, -0.05) is 0 Å². The van der Waals surface area contributed by atoms with Crippen LogP contribution >= 0.6 is 11.3 Å². The maximum absolute atomic E-state index is 11.7. The van der Waals surface area contributed by atoms with Crippen LogP contribution in [0.2, 0.25) is 0 Å². The Morgan fingerprint density at radius 2 is 2.00 bits per heavy atom. The van der Waals surface area contributed by atoms with Crippen LogP contribution in [-0.4, -0.2) is 23.0 Å². The minimum atomic E-state index is -0.181. The Balaban J connectivity index is 2.45. The van der Waals surface area contributed by atoms with E-state index in [1.807, 2.05) is 34.6 Å². The molecule has 0 saturated carbocycles. The lowest BCUT2D eigenvalue weighted by atomic mass is 10.2. The predicted octanol–water partition coefficient (Wildman–Crippen LogP) is 1.76. The van der Waals surface area contributed by atoms with Gasteiger partial charge in [0, 0.05) is 17.5 Å². The molecule has 0 saturated heterocycles. The summed E-state index contributed by atoms with van der Waals surface area (Å²) in [6.07, 6.45) is 0. The van der Waals surface area contributed by atoms with Gasteiger partial charge in [-0.2, -0.15) is 0 Å². The van der Waals surface area contributed by atoms with E-state index < -0.39 is 0 Å². The molecule has 0 bridgehead atoms. The first-order chi connectivity index (χ1) is 7.90. The Hall–Kier alpha value is -0.940. The van der Waals surface area contributed by atoms with Crippen LogP contribution in [0.15, 0.2) is 0 Å². The first kappa shape index (κ1) is 14.1. The normalized spacial score (nSPS) is 12.8. The lowest BCUT2D eigenvalue weighted by Gasteiger charge is -2.15. The zero-order valence-corrected chi connectivity index (χ0v) is 11.9. The van der Waals surface area contributed by atoms with E-state index in [0.717, 1.165) is 10.7 Å². The number of rotatable bonds is 5. The van der Waals surface area contributed by atoms with E-state index in [1.54, 1.807) is 11.3 Å². The van der Waals surface area contributed by atoms with Gasteiger partial charge in [0.1, 0.15) is 0 Å². The third kappa shape index (κ3) is 4.44. The van der Waals surface area contributed by atoms with E-state index in [2.05, 4.69) is 15.6 Å². The number of hydrogen-bond donors (Lipinski definition) is 2. The van der Waals surface area contributed by atoms with Crippen LogP contribution in [0, 0.1) is 13.8 Å². The summed E-state index contributed by atoms with van der Waals surface area (Å²) in [6.45, 7) is 10.5. The molecule has 4 nitrogen and oxygen atoms in total. The fraction of sp³-hybridized carbons (Fsp3) is 0.667. The molecular weight excluding hydrogens is 234 g/mol. The molecule has 0 aliphatic carbocycles. The molecule has 1 aromatic heterocycles. The van der Waals surface area contributed by atoms with Crippen molar-refractivity contribution in [1.82, 2.24) is 15.6 Å². The van der Waals surface area contributed by atoms with Crippen molar-refractivity contribution in [3.05, 3.63) is 15.6 Å². The van der Waals surface area contributed by atoms with Gasteiger partial charge < -0.3 is 10.6 Å². The summed E-state index contributed by atoms with van der Waals surface area (Å²) in [5.74, 6) is 0.0406. The van der Waals surface area contributed by atoms with Crippen LogP contribution in [0.25, 0.3) is 0 Å². The molecule has 1 amide bonds. The summed E-state index contributed by atoms with van der Waals surface area (Å²) in [5, 5.41) is 7.17. The summed E-state index contributed by atoms with van der Waals surface area (Å²) in [4.78, 5) is 17.2. The third-order valence-electron chi connectivity index (χ3n) is 2.39. The Morgan fingerprint density at radius 3 is 2.47 bits per heavy atom. The number of amides is 1.